The first-order chi connectivity index (χ1) is 3.06. The van der Waals surface area contributed by atoms with E-state index in [1.165, 1.54) is 0 Å². The van der Waals surface area contributed by atoms with Gasteiger partial charge < -0.3 is 5.32 Å². The van der Waals surface area contributed by atoms with Crippen LogP contribution in [0, 0.1) is 0 Å². The maximum Gasteiger partial charge on any atom is 0.117 e. The standard InChI is InChI=1S/C5H12FN.ClH/c1-5(2,6)4-7-3;/h7H,4H2,1-3H3;1H. The third kappa shape index (κ3) is 9.49. The van der Waals surface area contributed by atoms with Crippen molar-refractivity contribution < 1.29 is 4.39 Å². The summed E-state index contributed by atoms with van der Waals surface area (Å²) in [6, 6.07) is 0. The van der Waals surface area contributed by atoms with Crippen molar-refractivity contribution in [3.8, 4) is 0 Å². The lowest BCUT2D eigenvalue weighted by Gasteiger charge is -2.11. The van der Waals surface area contributed by atoms with Gasteiger partial charge in [-0.15, -0.1) is 12.4 Å². The van der Waals surface area contributed by atoms with E-state index in [-0.39, 0.29) is 12.4 Å². The summed E-state index contributed by atoms with van der Waals surface area (Å²) in [5.41, 5.74) is -1.06. The summed E-state index contributed by atoms with van der Waals surface area (Å²) < 4.78 is 12.3. The van der Waals surface area contributed by atoms with E-state index in [1.807, 2.05) is 0 Å². The van der Waals surface area contributed by atoms with Crippen LogP contribution < -0.4 is 5.32 Å². The number of alkyl halides is 1. The van der Waals surface area contributed by atoms with Crippen LogP contribution in [0.25, 0.3) is 0 Å². The first-order valence-electron chi connectivity index (χ1n) is 2.40. The monoisotopic (exact) mass is 141 g/mol. The lowest BCUT2D eigenvalue weighted by Crippen LogP contribution is -2.27. The van der Waals surface area contributed by atoms with Crippen LogP contribution in [0.1, 0.15) is 13.8 Å². The minimum atomic E-state index is -1.06. The molecule has 8 heavy (non-hydrogen) atoms. The summed E-state index contributed by atoms with van der Waals surface area (Å²) in [7, 11) is 1.74. The second-order valence-electron chi connectivity index (χ2n) is 2.25. The molecular weight excluding hydrogens is 129 g/mol. The summed E-state index contributed by atoms with van der Waals surface area (Å²) in [5.74, 6) is 0. The molecule has 0 bridgehead atoms. The highest BCUT2D eigenvalue weighted by Crippen LogP contribution is 2.03. The Morgan fingerprint density at radius 1 is 1.50 bits per heavy atom. The fraction of sp³-hybridized carbons (Fsp3) is 1.00. The maximum absolute atomic E-state index is 12.3. The van der Waals surface area contributed by atoms with Crippen LogP contribution in [0.2, 0.25) is 0 Å². The minimum absolute atomic E-state index is 0. The first-order valence-corrected chi connectivity index (χ1v) is 2.40. The van der Waals surface area contributed by atoms with Crippen molar-refractivity contribution in [2.24, 2.45) is 0 Å². The topological polar surface area (TPSA) is 12.0 Å². The predicted molar refractivity (Wildman–Crippen MR) is 36.4 cm³/mol. The number of hydrogen-bond acceptors (Lipinski definition) is 1. The van der Waals surface area contributed by atoms with E-state index in [0.717, 1.165) is 0 Å². The van der Waals surface area contributed by atoms with Gasteiger partial charge in [-0.3, -0.25) is 0 Å². The fourth-order valence-corrected chi connectivity index (χ4v) is 0.420. The molecule has 0 heterocycles. The Balaban J connectivity index is 0. The molecule has 0 unspecified atom stereocenters. The normalized spacial score (nSPS) is 10.5. The highest BCUT2D eigenvalue weighted by atomic mass is 35.5. The Labute approximate surface area is 56.1 Å². The van der Waals surface area contributed by atoms with Gasteiger partial charge >= 0.3 is 0 Å². The van der Waals surface area contributed by atoms with Gasteiger partial charge in [0.2, 0.25) is 0 Å². The lowest BCUT2D eigenvalue weighted by atomic mass is 10.2. The van der Waals surface area contributed by atoms with E-state index in [2.05, 4.69) is 5.32 Å². The quantitative estimate of drug-likeness (QED) is 0.613. The minimum Gasteiger partial charge on any atom is -0.317 e. The van der Waals surface area contributed by atoms with Crippen LogP contribution in [-0.2, 0) is 0 Å². The molecule has 3 heteroatoms. The second kappa shape index (κ2) is 4.10. The Morgan fingerprint density at radius 3 is 1.88 bits per heavy atom. The summed E-state index contributed by atoms with van der Waals surface area (Å²) in [5, 5.41) is 2.73. The fourth-order valence-electron chi connectivity index (χ4n) is 0.420. The molecule has 0 rings (SSSR count). The zero-order valence-electron chi connectivity index (χ0n) is 5.49. The van der Waals surface area contributed by atoms with Crippen LogP contribution in [0.4, 0.5) is 4.39 Å². The van der Waals surface area contributed by atoms with E-state index >= 15 is 0 Å². The van der Waals surface area contributed by atoms with Gasteiger partial charge in [0.25, 0.3) is 0 Å². The van der Waals surface area contributed by atoms with Gasteiger partial charge in [0, 0.05) is 6.54 Å². The predicted octanol–water partition coefficient (Wildman–Crippen LogP) is 1.38. The number of halogens is 2. The third-order valence-electron chi connectivity index (χ3n) is 0.597. The smallest absolute Gasteiger partial charge is 0.117 e. The molecule has 0 aliphatic rings. The van der Waals surface area contributed by atoms with Crippen LogP contribution in [-0.4, -0.2) is 19.3 Å². The summed E-state index contributed by atoms with van der Waals surface area (Å²) in [6.07, 6.45) is 0. The molecule has 0 amide bonds. The van der Waals surface area contributed by atoms with Gasteiger partial charge in [-0.05, 0) is 20.9 Å². The van der Waals surface area contributed by atoms with E-state index in [4.69, 9.17) is 0 Å². The van der Waals surface area contributed by atoms with Gasteiger partial charge in [0.1, 0.15) is 5.67 Å². The van der Waals surface area contributed by atoms with Crippen molar-refractivity contribution in [1.29, 1.82) is 0 Å². The van der Waals surface area contributed by atoms with E-state index in [9.17, 15) is 4.39 Å². The van der Waals surface area contributed by atoms with Crippen molar-refractivity contribution in [2.45, 2.75) is 19.5 Å². The van der Waals surface area contributed by atoms with Crippen LogP contribution in [0.5, 0.6) is 0 Å². The van der Waals surface area contributed by atoms with Crippen molar-refractivity contribution in [3.63, 3.8) is 0 Å². The molecule has 0 spiro atoms. The molecule has 52 valence electrons. The Morgan fingerprint density at radius 2 is 1.88 bits per heavy atom. The number of nitrogens with one attached hydrogen (secondary N) is 1. The Kier molecular flexibility index (Phi) is 5.66. The van der Waals surface area contributed by atoms with Gasteiger partial charge in [0.05, 0.1) is 0 Å². The van der Waals surface area contributed by atoms with Crippen molar-refractivity contribution >= 4 is 12.4 Å². The highest BCUT2D eigenvalue weighted by molar-refractivity contribution is 5.85. The molecule has 0 saturated heterocycles. The summed E-state index contributed by atoms with van der Waals surface area (Å²) >= 11 is 0. The van der Waals surface area contributed by atoms with Crippen molar-refractivity contribution in [1.82, 2.24) is 5.32 Å². The molecule has 0 fully saturated rings. The zero-order valence-corrected chi connectivity index (χ0v) is 6.31. The van der Waals surface area contributed by atoms with Crippen LogP contribution in [0.3, 0.4) is 0 Å². The Bertz CT molecular complexity index is 50.9. The van der Waals surface area contributed by atoms with E-state index in [0.29, 0.717) is 6.54 Å². The molecule has 0 saturated carbocycles. The third-order valence-corrected chi connectivity index (χ3v) is 0.597. The molecule has 0 atom stereocenters. The number of hydrogen-bond donors (Lipinski definition) is 1. The first kappa shape index (κ1) is 11.0. The lowest BCUT2D eigenvalue weighted by molar-refractivity contribution is 0.215. The highest BCUT2D eigenvalue weighted by Gasteiger charge is 2.11. The van der Waals surface area contributed by atoms with E-state index in [1.54, 1.807) is 20.9 Å². The van der Waals surface area contributed by atoms with Gasteiger partial charge in [-0.2, -0.15) is 0 Å². The van der Waals surface area contributed by atoms with Gasteiger partial charge in [-0.25, -0.2) is 4.39 Å². The molecule has 1 N–H and O–H groups in total. The van der Waals surface area contributed by atoms with Crippen LogP contribution >= 0.6 is 12.4 Å². The molecule has 0 aromatic heterocycles. The average molecular weight is 142 g/mol. The average Bonchev–Trinajstić information content (AvgIpc) is 1.30. The summed E-state index contributed by atoms with van der Waals surface area (Å²) in [4.78, 5) is 0. The maximum atomic E-state index is 12.3. The molecule has 1 nitrogen and oxygen atoms in total. The van der Waals surface area contributed by atoms with Crippen molar-refractivity contribution in [3.05, 3.63) is 0 Å². The largest absolute Gasteiger partial charge is 0.317 e. The molecule has 0 aliphatic carbocycles. The molecule has 0 aromatic rings. The van der Waals surface area contributed by atoms with Crippen molar-refractivity contribution in [2.75, 3.05) is 13.6 Å². The molecule has 0 aliphatic heterocycles. The summed E-state index contributed by atoms with van der Waals surface area (Å²) in [6.45, 7) is 3.51. The van der Waals surface area contributed by atoms with Crippen LogP contribution in [0.15, 0.2) is 0 Å². The van der Waals surface area contributed by atoms with Gasteiger partial charge in [0.15, 0.2) is 0 Å². The number of rotatable bonds is 2. The van der Waals surface area contributed by atoms with E-state index < -0.39 is 5.67 Å². The molecule has 0 radical (unpaired) electrons. The molecular formula is C5H13ClFN. The SMILES string of the molecule is CNCC(C)(C)F.Cl. The zero-order chi connectivity index (χ0) is 5.91. The second-order valence-corrected chi connectivity index (χ2v) is 2.25. The molecule has 0 aromatic carbocycles. The van der Waals surface area contributed by atoms with Gasteiger partial charge in [-0.1, -0.05) is 0 Å². The Hall–Kier alpha value is 0.180.